The normalized spacial score (nSPS) is 17.2. The number of nitrogens with zero attached hydrogens (tertiary/aromatic N) is 2. The quantitative estimate of drug-likeness (QED) is 0.928. The molecule has 134 valence electrons. The number of hydrogen-bond acceptors (Lipinski definition) is 3. The van der Waals surface area contributed by atoms with Crippen molar-refractivity contribution in [2.24, 2.45) is 0 Å². The van der Waals surface area contributed by atoms with Gasteiger partial charge in [-0.15, -0.1) is 0 Å². The molecule has 3 rings (SSSR count). The van der Waals surface area contributed by atoms with Crippen LogP contribution in [-0.4, -0.2) is 58.4 Å². The van der Waals surface area contributed by atoms with Crippen LogP contribution in [-0.2, 0) is 4.79 Å². The van der Waals surface area contributed by atoms with E-state index in [0.29, 0.717) is 31.9 Å². The Labute approximate surface area is 147 Å². The number of hydrogen-bond donors (Lipinski definition) is 1. The van der Waals surface area contributed by atoms with Crippen LogP contribution in [0.2, 0.25) is 0 Å². The van der Waals surface area contributed by atoms with Gasteiger partial charge in [-0.2, -0.15) is 0 Å². The summed E-state index contributed by atoms with van der Waals surface area (Å²) in [7, 11) is 0. The van der Waals surface area contributed by atoms with Gasteiger partial charge in [0, 0.05) is 36.6 Å². The summed E-state index contributed by atoms with van der Waals surface area (Å²) in [5.74, 6) is 0.607. The van der Waals surface area contributed by atoms with Gasteiger partial charge in [0.05, 0.1) is 6.61 Å². The minimum atomic E-state index is -0.848. The zero-order valence-electron chi connectivity index (χ0n) is 15.3. The van der Waals surface area contributed by atoms with E-state index in [4.69, 9.17) is 4.74 Å². The van der Waals surface area contributed by atoms with Gasteiger partial charge >= 0.3 is 0 Å². The fraction of sp³-hybridized carbons (Fsp3) is 0.474. The summed E-state index contributed by atoms with van der Waals surface area (Å²) in [5.41, 5.74) is 0.499. The van der Waals surface area contributed by atoms with Crippen LogP contribution in [0.15, 0.2) is 24.3 Å². The SMILES string of the molecule is CCOc1ccc2cc(C(=O)N3CCN(CC)C(=O)C3(C)C)[nH]c2c1. The van der Waals surface area contributed by atoms with Crippen LogP contribution in [0, 0.1) is 0 Å². The Hall–Kier alpha value is -2.50. The largest absolute Gasteiger partial charge is 0.494 e. The fourth-order valence-electron chi connectivity index (χ4n) is 3.38. The Morgan fingerprint density at radius 3 is 2.68 bits per heavy atom. The molecule has 0 spiro atoms. The highest BCUT2D eigenvalue weighted by molar-refractivity contribution is 6.01. The van der Waals surface area contributed by atoms with Crippen LogP contribution in [0.5, 0.6) is 5.75 Å². The van der Waals surface area contributed by atoms with Crippen LogP contribution < -0.4 is 4.74 Å². The van der Waals surface area contributed by atoms with Crippen molar-refractivity contribution < 1.29 is 14.3 Å². The number of H-pyrrole nitrogens is 1. The number of fused-ring (bicyclic) bond motifs is 1. The number of piperazine rings is 1. The molecule has 1 aromatic carbocycles. The molecular formula is C19H25N3O3. The molecule has 0 aliphatic carbocycles. The Bertz CT molecular complexity index is 809. The molecule has 0 bridgehead atoms. The third kappa shape index (κ3) is 2.97. The van der Waals surface area contributed by atoms with E-state index in [1.165, 1.54) is 0 Å². The second kappa shape index (κ2) is 6.43. The molecule has 2 heterocycles. The van der Waals surface area contributed by atoms with E-state index in [1.54, 1.807) is 9.80 Å². The molecule has 1 saturated heterocycles. The summed E-state index contributed by atoms with van der Waals surface area (Å²) in [6.07, 6.45) is 0. The Morgan fingerprint density at radius 1 is 1.24 bits per heavy atom. The molecular weight excluding hydrogens is 318 g/mol. The van der Waals surface area contributed by atoms with Crippen molar-refractivity contribution in [3.8, 4) is 5.75 Å². The molecule has 0 atom stereocenters. The summed E-state index contributed by atoms with van der Waals surface area (Å²) in [4.78, 5) is 32.3. The average Bonchev–Trinajstić information content (AvgIpc) is 3.00. The van der Waals surface area contributed by atoms with E-state index in [2.05, 4.69) is 4.98 Å². The summed E-state index contributed by atoms with van der Waals surface area (Å²) in [5, 5.41) is 0.947. The number of ether oxygens (including phenoxy) is 1. The highest BCUT2D eigenvalue weighted by Gasteiger charge is 2.44. The van der Waals surface area contributed by atoms with Crippen LogP contribution in [0.4, 0.5) is 0 Å². The number of amides is 2. The Balaban J connectivity index is 1.90. The number of benzene rings is 1. The molecule has 6 heteroatoms. The van der Waals surface area contributed by atoms with Gasteiger partial charge in [0.2, 0.25) is 5.91 Å². The minimum absolute atomic E-state index is 0.00987. The first-order valence-electron chi connectivity index (χ1n) is 8.75. The van der Waals surface area contributed by atoms with Gasteiger partial charge in [0.1, 0.15) is 17.0 Å². The topological polar surface area (TPSA) is 65.6 Å². The number of aromatic nitrogens is 1. The minimum Gasteiger partial charge on any atom is -0.494 e. The van der Waals surface area contributed by atoms with E-state index in [0.717, 1.165) is 16.7 Å². The number of rotatable bonds is 4. The summed E-state index contributed by atoms with van der Waals surface area (Å²) < 4.78 is 5.51. The summed E-state index contributed by atoms with van der Waals surface area (Å²) >= 11 is 0. The zero-order chi connectivity index (χ0) is 18.2. The average molecular weight is 343 g/mol. The summed E-state index contributed by atoms with van der Waals surface area (Å²) in [6, 6.07) is 7.54. The summed E-state index contributed by atoms with van der Waals surface area (Å²) in [6.45, 7) is 9.87. The fourth-order valence-corrected chi connectivity index (χ4v) is 3.38. The van der Waals surface area contributed by atoms with E-state index in [1.807, 2.05) is 52.0 Å². The van der Waals surface area contributed by atoms with Gasteiger partial charge in [-0.1, -0.05) is 0 Å². The van der Waals surface area contributed by atoms with Crippen LogP contribution in [0.25, 0.3) is 10.9 Å². The van der Waals surface area contributed by atoms with Gasteiger partial charge < -0.3 is 19.5 Å². The molecule has 0 saturated carbocycles. The first-order chi connectivity index (χ1) is 11.9. The molecule has 1 aromatic heterocycles. The molecule has 0 radical (unpaired) electrons. The third-order valence-electron chi connectivity index (χ3n) is 4.84. The highest BCUT2D eigenvalue weighted by atomic mass is 16.5. The van der Waals surface area contributed by atoms with Crippen molar-refractivity contribution in [3.63, 3.8) is 0 Å². The number of likely N-dealkylation sites (N-methyl/N-ethyl adjacent to an activating group) is 1. The van der Waals surface area contributed by atoms with Crippen molar-refractivity contribution in [2.45, 2.75) is 33.2 Å². The highest BCUT2D eigenvalue weighted by Crippen LogP contribution is 2.27. The third-order valence-corrected chi connectivity index (χ3v) is 4.84. The Morgan fingerprint density at radius 2 is 2.00 bits per heavy atom. The maximum atomic E-state index is 13.0. The maximum absolute atomic E-state index is 13.0. The molecule has 6 nitrogen and oxygen atoms in total. The van der Waals surface area contributed by atoms with Crippen LogP contribution in [0.3, 0.4) is 0 Å². The van der Waals surface area contributed by atoms with E-state index >= 15 is 0 Å². The van der Waals surface area contributed by atoms with Crippen molar-refractivity contribution >= 4 is 22.7 Å². The van der Waals surface area contributed by atoms with Crippen molar-refractivity contribution in [3.05, 3.63) is 30.0 Å². The maximum Gasteiger partial charge on any atom is 0.271 e. The molecule has 1 aliphatic heterocycles. The van der Waals surface area contributed by atoms with Crippen molar-refractivity contribution in [1.82, 2.24) is 14.8 Å². The monoisotopic (exact) mass is 343 g/mol. The lowest BCUT2D eigenvalue weighted by Crippen LogP contribution is -2.64. The second-order valence-corrected chi connectivity index (χ2v) is 6.77. The molecule has 25 heavy (non-hydrogen) atoms. The van der Waals surface area contributed by atoms with E-state index in [9.17, 15) is 9.59 Å². The van der Waals surface area contributed by atoms with E-state index in [-0.39, 0.29) is 11.8 Å². The van der Waals surface area contributed by atoms with Gasteiger partial charge in [0.15, 0.2) is 0 Å². The number of aromatic amines is 1. The number of carbonyl (C=O) groups excluding carboxylic acids is 2. The predicted molar refractivity (Wildman–Crippen MR) is 96.8 cm³/mol. The molecule has 1 N–H and O–H groups in total. The van der Waals surface area contributed by atoms with Gasteiger partial charge in [-0.05, 0) is 45.9 Å². The first kappa shape index (κ1) is 17.3. The van der Waals surface area contributed by atoms with E-state index < -0.39 is 5.54 Å². The lowest BCUT2D eigenvalue weighted by atomic mass is 9.97. The lowest BCUT2D eigenvalue weighted by Gasteiger charge is -2.45. The zero-order valence-corrected chi connectivity index (χ0v) is 15.3. The first-order valence-corrected chi connectivity index (χ1v) is 8.75. The molecule has 0 unspecified atom stereocenters. The van der Waals surface area contributed by atoms with Crippen LogP contribution >= 0.6 is 0 Å². The predicted octanol–water partition coefficient (Wildman–Crippen LogP) is 2.65. The van der Waals surface area contributed by atoms with Gasteiger partial charge in [0.25, 0.3) is 5.91 Å². The van der Waals surface area contributed by atoms with Gasteiger partial charge in [-0.3, -0.25) is 9.59 Å². The Kier molecular flexibility index (Phi) is 4.45. The van der Waals surface area contributed by atoms with Crippen molar-refractivity contribution in [2.75, 3.05) is 26.2 Å². The lowest BCUT2D eigenvalue weighted by molar-refractivity contribution is -0.146. The second-order valence-electron chi connectivity index (χ2n) is 6.77. The smallest absolute Gasteiger partial charge is 0.271 e. The number of nitrogens with one attached hydrogen (secondary N) is 1. The standard InChI is InChI=1S/C19H25N3O3/c1-5-21-9-10-22(19(3,4)18(21)24)17(23)16-11-13-7-8-14(25-6-2)12-15(13)20-16/h7-8,11-12,20H,5-6,9-10H2,1-4H3. The molecule has 1 fully saturated rings. The van der Waals surface area contributed by atoms with Crippen LogP contribution in [0.1, 0.15) is 38.2 Å². The van der Waals surface area contributed by atoms with Gasteiger partial charge in [-0.25, -0.2) is 0 Å². The number of carbonyl (C=O) groups is 2. The molecule has 2 amide bonds. The van der Waals surface area contributed by atoms with Crippen molar-refractivity contribution in [1.29, 1.82) is 0 Å². The molecule has 1 aliphatic rings. The molecule has 2 aromatic rings.